The predicted octanol–water partition coefficient (Wildman–Crippen LogP) is 2.53. The Labute approximate surface area is 224 Å². The Hall–Kier alpha value is -4.74. The molecular formula is C27H29N3O9. The van der Waals surface area contributed by atoms with Crippen molar-refractivity contribution < 1.29 is 43.3 Å². The fourth-order valence-electron chi connectivity index (χ4n) is 3.84. The van der Waals surface area contributed by atoms with Crippen LogP contribution >= 0.6 is 0 Å². The SMILES string of the molecule is CC(C)(C)OC(=O)CN(NC(=O)OCc1ccccc1)C(=O)C(CCC(=O)O)N1C(=O)c2ccccc2C1=O. The van der Waals surface area contributed by atoms with E-state index in [1.54, 1.807) is 63.2 Å². The summed E-state index contributed by atoms with van der Waals surface area (Å²) in [4.78, 5) is 77.1. The van der Waals surface area contributed by atoms with Crippen LogP contribution in [0.4, 0.5) is 4.79 Å². The van der Waals surface area contributed by atoms with Gasteiger partial charge in [-0.15, -0.1) is 0 Å². The minimum Gasteiger partial charge on any atom is -0.481 e. The van der Waals surface area contributed by atoms with Crippen molar-refractivity contribution in [2.24, 2.45) is 0 Å². The molecule has 0 radical (unpaired) electrons. The molecule has 2 aromatic rings. The van der Waals surface area contributed by atoms with Crippen LogP contribution < -0.4 is 5.43 Å². The van der Waals surface area contributed by atoms with Gasteiger partial charge < -0.3 is 14.6 Å². The van der Waals surface area contributed by atoms with Crippen molar-refractivity contribution in [2.45, 2.75) is 51.9 Å². The number of nitrogens with zero attached hydrogens (tertiary/aromatic N) is 2. The molecule has 2 N–H and O–H groups in total. The van der Waals surface area contributed by atoms with E-state index >= 15 is 0 Å². The number of nitrogens with one attached hydrogen (secondary N) is 1. The Morgan fingerprint density at radius 1 is 0.949 bits per heavy atom. The van der Waals surface area contributed by atoms with Crippen molar-refractivity contribution in [1.29, 1.82) is 0 Å². The van der Waals surface area contributed by atoms with Gasteiger partial charge in [-0.3, -0.25) is 28.9 Å². The van der Waals surface area contributed by atoms with Crippen molar-refractivity contribution in [3.63, 3.8) is 0 Å². The van der Waals surface area contributed by atoms with E-state index in [1.165, 1.54) is 12.1 Å². The molecule has 0 aromatic heterocycles. The molecular weight excluding hydrogens is 510 g/mol. The second-order valence-electron chi connectivity index (χ2n) is 9.66. The lowest BCUT2D eigenvalue weighted by Gasteiger charge is -2.31. The molecule has 0 spiro atoms. The second-order valence-corrected chi connectivity index (χ2v) is 9.66. The lowest BCUT2D eigenvalue weighted by Crippen LogP contribution is -2.57. The molecule has 206 valence electrons. The molecule has 1 atom stereocenters. The van der Waals surface area contributed by atoms with E-state index in [2.05, 4.69) is 5.43 Å². The maximum absolute atomic E-state index is 13.7. The highest BCUT2D eigenvalue weighted by Crippen LogP contribution is 2.27. The van der Waals surface area contributed by atoms with Crippen molar-refractivity contribution >= 4 is 35.8 Å². The van der Waals surface area contributed by atoms with Gasteiger partial charge >= 0.3 is 18.0 Å². The standard InChI is InChI=1S/C27H29N3O9/c1-27(2,3)39-22(33)15-29(28-26(37)38-16-17-9-5-4-6-10-17)25(36)20(13-14-21(31)32)30-23(34)18-11-7-8-12-19(18)24(30)35/h4-12,20H,13-16H2,1-3H3,(H,28,37)(H,31,32). The molecule has 0 fully saturated rings. The number of esters is 1. The summed E-state index contributed by atoms with van der Waals surface area (Å²) < 4.78 is 10.4. The van der Waals surface area contributed by atoms with Gasteiger partial charge in [-0.25, -0.2) is 15.2 Å². The number of imide groups is 1. The van der Waals surface area contributed by atoms with Crippen LogP contribution in [-0.4, -0.2) is 69.0 Å². The normalized spacial score (nSPS) is 13.4. The number of ether oxygens (including phenoxy) is 2. The predicted molar refractivity (Wildman–Crippen MR) is 135 cm³/mol. The van der Waals surface area contributed by atoms with E-state index in [1.807, 2.05) is 0 Å². The van der Waals surface area contributed by atoms with Crippen molar-refractivity contribution in [1.82, 2.24) is 15.3 Å². The minimum absolute atomic E-state index is 0.0459. The smallest absolute Gasteiger partial charge is 0.426 e. The Morgan fingerprint density at radius 3 is 2.05 bits per heavy atom. The van der Waals surface area contributed by atoms with Gasteiger partial charge in [0.25, 0.3) is 17.7 Å². The summed E-state index contributed by atoms with van der Waals surface area (Å²) in [6, 6.07) is 12.9. The van der Waals surface area contributed by atoms with Crippen LogP contribution in [0.15, 0.2) is 54.6 Å². The lowest BCUT2D eigenvalue weighted by molar-refractivity contribution is -0.161. The molecule has 1 unspecified atom stereocenters. The average molecular weight is 540 g/mol. The molecule has 3 rings (SSSR count). The first kappa shape index (κ1) is 28.8. The van der Waals surface area contributed by atoms with E-state index in [0.29, 0.717) is 15.5 Å². The van der Waals surface area contributed by atoms with E-state index in [4.69, 9.17) is 9.47 Å². The summed E-state index contributed by atoms with van der Waals surface area (Å²) >= 11 is 0. The Kier molecular flexibility index (Phi) is 9.02. The molecule has 12 nitrogen and oxygen atoms in total. The molecule has 12 heteroatoms. The zero-order chi connectivity index (χ0) is 28.7. The fourth-order valence-corrected chi connectivity index (χ4v) is 3.84. The van der Waals surface area contributed by atoms with Crippen LogP contribution in [0, 0.1) is 0 Å². The third-order valence-electron chi connectivity index (χ3n) is 5.47. The highest BCUT2D eigenvalue weighted by atomic mass is 16.6. The zero-order valence-electron chi connectivity index (χ0n) is 21.7. The molecule has 1 aliphatic heterocycles. The number of aliphatic carboxylic acids is 1. The highest BCUT2D eigenvalue weighted by Gasteiger charge is 2.44. The van der Waals surface area contributed by atoms with Gasteiger partial charge in [0.2, 0.25) is 0 Å². The van der Waals surface area contributed by atoms with Crippen LogP contribution in [0.5, 0.6) is 0 Å². The summed E-state index contributed by atoms with van der Waals surface area (Å²) in [6.45, 7) is 3.86. The maximum Gasteiger partial charge on any atom is 0.426 e. The number of hydrogen-bond donors (Lipinski definition) is 2. The first-order valence-electron chi connectivity index (χ1n) is 12.1. The number of carboxylic acid groups (broad SMARTS) is 1. The third kappa shape index (κ3) is 7.63. The summed E-state index contributed by atoms with van der Waals surface area (Å²) in [6.07, 6.45) is -2.15. The topological polar surface area (TPSA) is 160 Å². The third-order valence-corrected chi connectivity index (χ3v) is 5.47. The van der Waals surface area contributed by atoms with E-state index in [-0.39, 0.29) is 17.7 Å². The van der Waals surface area contributed by atoms with Crippen molar-refractivity contribution in [3.05, 3.63) is 71.3 Å². The molecule has 39 heavy (non-hydrogen) atoms. The van der Waals surface area contributed by atoms with Crippen LogP contribution in [0.3, 0.4) is 0 Å². The van der Waals surface area contributed by atoms with E-state index in [0.717, 1.165) is 0 Å². The Balaban J connectivity index is 1.88. The molecule has 4 amide bonds. The van der Waals surface area contributed by atoms with Gasteiger partial charge in [-0.1, -0.05) is 42.5 Å². The number of carboxylic acids is 1. The maximum atomic E-state index is 13.7. The molecule has 0 saturated carbocycles. The minimum atomic E-state index is -1.65. The largest absolute Gasteiger partial charge is 0.481 e. The number of carbonyl (C=O) groups excluding carboxylic acids is 5. The number of hydrazine groups is 1. The van der Waals surface area contributed by atoms with Crippen LogP contribution in [-0.2, 0) is 30.5 Å². The van der Waals surface area contributed by atoms with Gasteiger partial charge in [0.1, 0.15) is 24.8 Å². The summed E-state index contributed by atoms with van der Waals surface area (Å²) in [7, 11) is 0. The number of rotatable bonds is 9. The van der Waals surface area contributed by atoms with Crippen LogP contribution in [0.1, 0.15) is 59.9 Å². The van der Waals surface area contributed by atoms with Crippen LogP contribution in [0.25, 0.3) is 0 Å². The molecule has 2 aromatic carbocycles. The molecule has 0 saturated heterocycles. The molecule has 1 heterocycles. The van der Waals surface area contributed by atoms with Gasteiger partial charge in [0.15, 0.2) is 0 Å². The number of benzene rings is 2. The summed E-state index contributed by atoms with van der Waals surface area (Å²) in [5.41, 5.74) is 1.99. The fraction of sp³-hybridized carbons (Fsp3) is 0.333. The first-order valence-corrected chi connectivity index (χ1v) is 12.1. The quantitative estimate of drug-likeness (QED) is 0.277. The summed E-state index contributed by atoms with van der Waals surface area (Å²) in [5, 5.41) is 9.82. The van der Waals surface area contributed by atoms with Crippen LogP contribution in [0.2, 0.25) is 0 Å². The van der Waals surface area contributed by atoms with Gasteiger partial charge in [0, 0.05) is 6.42 Å². The summed E-state index contributed by atoms with van der Waals surface area (Å²) in [5.74, 6) is -4.86. The Morgan fingerprint density at radius 2 is 1.51 bits per heavy atom. The van der Waals surface area contributed by atoms with E-state index < -0.39 is 66.8 Å². The molecule has 1 aliphatic rings. The average Bonchev–Trinajstić information content (AvgIpc) is 3.12. The number of carbonyl (C=O) groups is 6. The Bertz CT molecular complexity index is 1240. The number of amides is 4. The first-order chi connectivity index (χ1) is 18.4. The van der Waals surface area contributed by atoms with Crippen molar-refractivity contribution in [2.75, 3.05) is 6.54 Å². The van der Waals surface area contributed by atoms with Gasteiger partial charge in [0.05, 0.1) is 11.1 Å². The van der Waals surface area contributed by atoms with Gasteiger partial charge in [-0.2, -0.15) is 0 Å². The van der Waals surface area contributed by atoms with E-state index in [9.17, 15) is 33.9 Å². The molecule has 0 aliphatic carbocycles. The van der Waals surface area contributed by atoms with Gasteiger partial charge in [-0.05, 0) is 44.9 Å². The molecule has 0 bridgehead atoms. The van der Waals surface area contributed by atoms with Crippen molar-refractivity contribution in [3.8, 4) is 0 Å². The zero-order valence-corrected chi connectivity index (χ0v) is 21.7. The number of fused-ring (bicyclic) bond motifs is 1. The second kappa shape index (κ2) is 12.2. The highest BCUT2D eigenvalue weighted by molar-refractivity contribution is 6.22. The lowest BCUT2D eigenvalue weighted by atomic mass is 10.1. The number of hydrogen-bond acceptors (Lipinski definition) is 8. The monoisotopic (exact) mass is 539 g/mol.